The van der Waals surface area contributed by atoms with Crippen molar-refractivity contribution in [1.82, 2.24) is 0 Å². The third kappa shape index (κ3) is 1.73. The molecule has 0 heterocycles. The van der Waals surface area contributed by atoms with Gasteiger partial charge in [-0.3, -0.25) is 0 Å². The van der Waals surface area contributed by atoms with Gasteiger partial charge in [0.25, 0.3) is 0 Å². The van der Waals surface area contributed by atoms with Gasteiger partial charge < -0.3 is 0 Å². The molecule has 0 saturated carbocycles. The molecule has 0 aliphatic heterocycles. The SMILES string of the molecule is [B]Cc1cc(C=C)ccc1C. The van der Waals surface area contributed by atoms with Crippen LogP contribution in [0.4, 0.5) is 0 Å². The topological polar surface area (TPSA) is 0 Å². The fraction of sp³-hybridized carbons (Fsp3) is 0.200. The van der Waals surface area contributed by atoms with E-state index in [2.05, 4.69) is 25.6 Å². The van der Waals surface area contributed by atoms with Crippen LogP contribution in [0.15, 0.2) is 24.8 Å². The van der Waals surface area contributed by atoms with Crippen LogP contribution in [0.5, 0.6) is 0 Å². The number of rotatable bonds is 2. The van der Waals surface area contributed by atoms with Crippen LogP contribution in [-0.4, -0.2) is 7.85 Å². The average Bonchev–Trinajstić information content (AvgIpc) is 2.05. The molecular weight excluding hydrogens is 131 g/mol. The second kappa shape index (κ2) is 3.43. The first kappa shape index (κ1) is 8.12. The quantitative estimate of drug-likeness (QED) is 0.555. The Labute approximate surface area is 69.4 Å². The lowest BCUT2D eigenvalue weighted by atomic mass is 9.92. The molecule has 0 aliphatic carbocycles. The van der Waals surface area contributed by atoms with Gasteiger partial charge in [-0.1, -0.05) is 42.7 Å². The molecule has 0 nitrogen and oxygen atoms in total. The van der Waals surface area contributed by atoms with Crippen LogP contribution in [-0.2, 0) is 6.32 Å². The van der Waals surface area contributed by atoms with Crippen LogP contribution in [0, 0.1) is 6.92 Å². The van der Waals surface area contributed by atoms with Gasteiger partial charge in [-0.05, 0) is 18.1 Å². The highest BCUT2D eigenvalue weighted by Gasteiger charge is 1.94. The minimum absolute atomic E-state index is 0.605. The molecule has 0 fully saturated rings. The van der Waals surface area contributed by atoms with Gasteiger partial charge in [0, 0.05) is 0 Å². The van der Waals surface area contributed by atoms with E-state index in [0.29, 0.717) is 6.32 Å². The largest absolute Gasteiger partial charge is 0.0985 e. The van der Waals surface area contributed by atoms with Gasteiger partial charge in [0.2, 0.25) is 0 Å². The Morgan fingerprint density at radius 3 is 2.82 bits per heavy atom. The van der Waals surface area contributed by atoms with Crippen molar-refractivity contribution in [1.29, 1.82) is 0 Å². The number of aryl methyl sites for hydroxylation is 1. The van der Waals surface area contributed by atoms with E-state index in [9.17, 15) is 0 Å². The molecule has 1 rings (SSSR count). The maximum absolute atomic E-state index is 5.54. The van der Waals surface area contributed by atoms with Crippen LogP contribution in [0.3, 0.4) is 0 Å². The van der Waals surface area contributed by atoms with E-state index in [1.165, 1.54) is 11.1 Å². The smallest absolute Gasteiger partial charge is 0.0716 e. The van der Waals surface area contributed by atoms with Crippen molar-refractivity contribution in [2.75, 3.05) is 0 Å². The highest BCUT2D eigenvalue weighted by molar-refractivity contribution is 6.08. The summed E-state index contributed by atoms with van der Waals surface area (Å²) in [7, 11) is 5.54. The molecule has 0 atom stereocenters. The molecule has 0 aliphatic rings. The standard InChI is InChI=1S/C10H11B/c1-3-9-5-4-8(2)10(6-9)7-11/h3-6H,1,7H2,2H3. The maximum Gasteiger partial charge on any atom is 0.0716 e. The second-order valence-corrected chi connectivity index (χ2v) is 2.59. The van der Waals surface area contributed by atoms with E-state index in [1.807, 2.05) is 12.1 Å². The van der Waals surface area contributed by atoms with Crippen molar-refractivity contribution >= 4 is 13.9 Å². The second-order valence-electron chi connectivity index (χ2n) is 2.59. The lowest BCUT2D eigenvalue weighted by Gasteiger charge is -2.03. The van der Waals surface area contributed by atoms with E-state index >= 15 is 0 Å². The molecule has 0 amide bonds. The summed E-state index contributed by atoms with van der Waals surface area (Å²) in [5.74, 6) is 0. The predicted molar refractivity (Wildman–Crippen MR) is 50.7 cm³/mol. The first-order valence-corrected chi connectivity index (χ1v) is 3.70. The molecule has 0 saturated heterocycles. The summed E-state index contributed by atoms with van der Waals surface area (Å²) < 4.78 is 0. The first-order valence-electron chi connectivity index (χ1n) is 3.70. The third-order valence-corrected chi connectivity index (χ3v) is 1.83. The highest BCUT2D eigenvalue weighted by Crippen LogP contribution is 2.11. The van der Waals surface area contributed by atoms with Crippen molar-refractivity contribution in [2.45, 2.75) is 13.2 Å². The third-order valence-electron chi connectivity index (χ3n) is 1.83. The van der Waals surface area contributed by atoms with Crippen molar-refractivity contribution in [3.63, 3.8) is 0 Å². The Morgan fingerprint density at radius 1 is 1.55 bits per heavy atom. The Kier molecular flexibility index (Phi) is 2.53. The van der Waals surface area contributed by atoms with Crippen molar-refractivity contribution in [2.24, 2.45) is 0 Å². The van der Waals surface area contributed by atoms with Gasteiger partial charge in [-0.15, -0.1) is 0 Å². The van der Waals surface area contributed by atoms with E-state index in [1.54, 1.807) is 0 Å². The van der Waals surface area contributed by atoms with Crippen LogP contribution in [0.25, 0.3) is 6.08 Å². The number of benzene rings is 1. The summed E-state index contributed by atoms with van der Waals surface area (Å²) >= 11 is 0. The fourth-order valence-corrected chi connectivity index (χ4v) is 1.04. The molecule has 0 N–H and O–H groups in total. The van der Waals surface area contributed by atoms with Gasteiger partial charge >= 0.3 is 0 Å². The zero-order valence-corrected chi connectivity index (χ0v) is 6.80. The van der Waals surface area contributed by atoms with Crippen LogP contribution in [0.1, 0.15) is 16.7 Å². The van der Waals surface area contributed by atoms with E-state index in [-0.39, 0.29) is 0 Å². The Hall–Kier alpha value is -0.975. The summed E-state index contributed by atoms with van der Waals surface area (Å²) in [5.41, 5.74) is 3.58. The van der Waals surface area contributed by atoms with E-state index < -0.39 is 0 Å². The van der Waals surface area contributed by atoms with Gasteiger partial charge in [0.15, 0.2) is 0 Å². The summed E-state index contributed by atoms with van der Waals surface area (Å²) in [4.78, 5) is 0. The summed E-state index contributed by atoms with van der Waals surface area (Å²) in [5, 5.41) is 0. The molecule has 0 aromatic heterocycles. The Morgan fingerprint density at radius 2 is 2.27 bits per heavy atom. The predicted octanol–water partition coefficient (Wildman–Crippen LogP) is 2.31. The molecule has 2 radical (unpaired) electrons. The lowest BCUT2D eigenvalue weighted by Crippen LogP contribution is -1.89. The molecule has 0 bridgehead atoms. The summed E-state index contributed by atoms with van der Waals surface area (Å²) in [6.45, 7) is 5.76. The highest BCUT2D eigenvalue weighted by atomic mass is 14.0. The van der Waals surface area contributed by atoms with Crippen LogP contribution in [0.2, 0.25) is 0 Å². The molecule has 1 aromatic carbocycles. The maximum atomic E-state index is 5.54. The van der Waals surface area contributed by atoms with Gasteiger partial charge in [-0.2, -0.15) is 0 Å². The zero-order valence-electron chi connectivity index (χ0n) is 6.80. The van der Waals surface area contributed by atoms with Gasteiger partial charge in [0.05, 0.1) is 7.85 Å². The summed E-state index contributed by atoms with van der Waals surface area (Å²) in [6.07, 6.45) is 2.44. The Bertz CT molecular complexity index is 264. The van der Waals surface area contributed by atoms with Crippen LogP contribution >= 0.6 is 0 Å². The van der Waals surface area contributed by atoms with Gasteiger partial charge in [0.1, 0.15) is 0 Å². The van der Waals surface area contributed by atoms with Crippen molar-refractivity contribution in [3.05, 3.63) is 41.5 Å². The monoisotopic (exact) mass is 142 g/mol. The minimum atomic E-state index is 0.605. The average molecular weight is 142 g/mol. The van der Waals surface area contributed by atoms with Gasteiger partial charge in [-0.25, -0.2) is 0 Å². The molecular formula is C10H11B. The van der Waals surface area contributed by atoms with E-state index in [0.717, 1.165) is 5.56 Å². The normalized spacial score (nSPS) is 9.55. The molecule has 1 heteroatoms. The summed E-state index contributed by atoms with van der Waals surface area (Å²) in [6, 6.07) is 6.18. The van der Waals surface area contributed by atoms with Crippen molar-refractivity contribution in [3.8, 4) is 0 Å². The number of hydrogen-bond donors (Lipinski definition) is 0. The van der Waals surface area contributed by atoms with Crippen LogP contribution < -0.4 is 0 Å². The fourth-order valence-electron chi connectivity index (χ4n) is 1.04. The molecule has 0 unspecified atom stereocenters. The molecule has 54 valence electrons. The van der Waals surface area contributed by atoms with Crippen molar-refractivity contribution < 1.29 is 0 Å². The minimum Gasteiger partial charge on any atom is -0.0985 e. The molecule has 1 aromatic rings. The number of hydrogen-bond acceptors (Lipinski definition) is 0. The lowest BCUT2D eigenvalue weighted by molar-refractivity contribution is 1.29. The first-order chi connectivity index (χ1) is 5.27. The Balaban J connectivity index is 3.12. The zero-order chi connectivity index (χ0) is 8.27. The van der Waals surface area contributed by atoms with E-state index in [4.69, 9.17) is 7.85 Å². The molecule has 0 spiro atoms. The molecule has 11 heavy (non-hydrogen) atoms.